The van der Waals surface area contributed by atoms with Crippen molar-refractivity contribution >= 4 is 23.5 Å². The van der Waals surface area contributed by atoms with Crippen molar-refractivity contribution in [2.75, 3.05) is 25.2 Å². The van der Waals surface area contributed by atoms with Gasteiger partial charge in [-0.15, -0.1) is 0 Å². The van der Waals surface area contributed by atoms with Crippen molar-refractivity contribution < 1.29 is 29.0 Å². The average molecular weight is 492 g/mol. The number of fused-ring (bicyclic) bond motifs is 1. The van der Waals surface area contributed by atoms with E-state index in [0.29, 0.717) is 24.4 Å². The number of hydrogen-bond donors (Lipinski definition) is 3. The predicted molar refractivity (Wildman–Crippen MR) is 134 cm³/mol. The summed E-state index contributed by atoms with van der Waals surface area (Å²) in [5, 5.41) is 13.5. The molecule has 0 aromatic heterocycles. The Balaban J connectivity index is 2.03. The van der Waals surface area contributed by atoms with E-state index in [9.17, 15) is 19.5 Å². The summed E-state index contributed by atoms with van der Waals surface area (Å²) < 4.78 is 10.6. The third-order valence-electron chi connectivity index (χ3n) is 6.36. The van der Waals surface area contributed by atoms with Crippen LogP contribution in [0.2, 0.25) is 0 Å². The zero-order valence-electron chi connectivity index (χ0n) is 21.6. The molecule has 4 atom stereocenters. The summed E-state index contributed by atoms with van der Waals surface area (Å²) in [5.74, 6) is -0.755. The molecule has 196 valence electrons. The van der Waals surface area contributed by atoms with Gasteiger partial charge in [-0.3, -0.25) is 14.5 Å². The monoisotopic (exact) mass is 491 g/mol. The number of nitrogens with zero attached hydrogens (tertiary/aromatic N) is 1. The topological polar surface area (TPSA) is 131 Å². The number of aliphatic hydroxyl groups excluding tert-OH is 1. The van der Waals surface area contributed by atoms with E-state index in [1.807, 2.05) is 13.8 Å². The van der Waals surface area contributed by atoms with Crippen LogP contribution in [0.4, 0.5) is 5.69 Å². The molecule has 2 rings (SSSR count). The van der Waals surface area contributed by atoms with Crippen LogP contribution in [0, 0.1) is 11.3 Å². The Morgan fingerprint density at radius 2 is 2.00 bits per heavy atom. The number of nitrogens with one attached hydrogen (secondary N) is 1. The average Bonchev–Trinajstić information content (AvgIpc) is 2.81. The fourth-order valence-corrected chi connectivity index (χ4v) is 4.35. The largest absolute Gasteiger partial charge is 0.489 e. The number of nitrogens with two attached hydrogens (primary N) is 1. The maximum absolute atomic E-state index is 13.5. The summed E-state index contributed by atoms with van der Waals surface area (Å²) in [7, 11) is 1.28. The lowest BCUT2D eigenvalue weighted by Crippen LogP contribution is -2.52. The Morgan fingerprint density at radius 1 is 1.31 bits per heavy atom. The summed E-state index contributed by atoms with van der Waals surface area (Å²) in [6, 6.07) is 5.56. The third-order valence-corrected chi connectivity index (χ3v) is 6.36. The molecule has 1 unspecified atom stereocenters. The SMILES string of the molecule is CCCCNC(=O)[C@H](C)C[C@H](O)[C@@H](N)CC(C)(C)CC(=O)N1c2ccccc2OCC1C(=O)OC. The molecule has 0 fully saturated rings. The molecule has 9 nitrogen and oxygen atoms in total. The van der Waals surface area contributed by atoms with Gasteiger partial charge in [0.1, 0.15) is 12.4 Å². The zero-order valence-corrected chi connectivity index (χ0v) is 21.6. The van der Waals surface area contributed by atoms with Gasteiger partial charge in [-0.05, 0) is 36.8 Å². The van der Waals surface area contributed by atoms with Crippen molar-refractivity contribution in [3.8, 4) is 5.75 Å². The molecule has 0 saturated heterocycles. The van der Waals surface area contributed by atoms with E-state index >= 15 is 0 Å². The van der Waals surface area contributed by atoms with Gasteiger partial charge in [0.25, 0.3) is 0 Å². The van der Waals surface area contributed by atoms with E-state index in [2.05, 4.69) is 12.2 Å². The maximum atomic E-state index is 13.5. The van der Waals surface area contributed by atoms with E-state index < -0.39 is 29.6 Å². The highest BCUT2D eigenvalue weighted by Crippen LogP contribution is 2.37. The molecule has 9 heteroatoms. The summed E-state index contributed by atoms with van der Waals surface area (Å²) in [6.45, 7) is 8.25. The van der Waals surface area contributed by atoms with E-state index in [1.54, 1.807) is 31.2 Å². The van der Waals surface area contributed by atoms with Crippen molar-refractivity contribution in [2.24, 2.45) is 17.1 Å². The van der Waals surface area contributed by atoms with Crippen molar-refractivity contribution in [1.82, 2.24) is 5.32 Å². The van der Waals surface area contributed by atoms with Crippen LogP contribution in [0.25, 0.3) is 0 Å². The molecule has 0 bridgehead atoms. The van der Waals surface area contributed by atoms with Gasteiger partial charge in [0.05, 0.1) is 18.9 Å². The molecular formula is C26H41N3O6. The van der Waals surface area contributed by atoms with Gasteiger partial charge >= 0.3 is 5.97 Å². The first-order chi connectivity index (χ1) is 16.5. The molecule has 1 heterocycles. The Labute approximate surface area is 208 Å². The number of hydrogen-bond acceptors (Lipinski definition) is 7. The molecule has 0 spiro atoms. The van der Waals surface area contributed by atoms with E-state index in [-0.39, 0.29) is 37.2 Å². The molecular weight excluding hydrogens is 450 g/mol. The number of anilines is 1. The maximum Gasteiger partial charge on any atom is 0.332 e. The molecule has 2 amide bonds. The quantitative estimate of drug-likeness (QED) is 0.302. The second kappa shape index (κ2) is 12.9. The van der Waals surface area contributed by atoms with Crippen LogP contribution in [0.1, 0.15) is 59.8 Å². The number of carbonyl (C=O) groups is 3. The lowest BCUT2D eigenvalue weighted by molar-refractivity contribution is -0.144. The van der Waals surface area contributed by atoms with Crippen molar-refractivity contribution in [2.45, 2.75) is 78.0 Å². The highest BCUT2D eigenvalue weighted by atomic mass is 16.5. The molecule has 4 N–H and O–H groups in total. The first kappa shape index (κ1) is 28.6. The summed E-state index contributed by atoms with van der Waals surface area (Å²) in [4.78, 5) is 39.5. The van der Waals surface area contributed by atoms with Crippen LogP contribution in [-0.4, -0.2) is 61.3 Å². The highest BCUT2D eigenvalue weighted by Gasteiger charge is 2.40. The van der Waals surface area contributed by atoms with E-state index in [1.165, 1.54) is 12.0 Å². The van der Waals surface area contributed by atoms with Crippen molar-refractivity contribution in [3.63, 3.8) is 0 Å². The fraction of sp³-hybridized carbons (Fsp3) is 0.654. The van der Waals surface area contributed by atoms with Gasteiger partial charge < -0.3 is 25.6 Å². The number of carbonyl (C=O) groups excluding carboxylic acids is 3. The minimum atomic E-state index is -0.886. The molecule has 1 aliphatic heterocycles. The van der Waals surface area contributed by atoms with Gasteiger partial charge in [0, 0.05) is 24.9 Å². The van der Waals surface area contributed by atoms with Gasteiger partial charge in [-0.1, -0.05) is 46.2 Å². The number of benzene rings is 1. The second-order valence-corrected chi connectivity index (χ2v) is 10.1. The van der Waals surface area contributed by atoms with Gasteiger partial charge in [-0.2, -0.15) is 0 Å². The third kappa shape index (κ3) is 7.93. The lowest BCUT2D eigenvalue weighted by Gasteiger charge is -2.38. The van der Waals surface area contributed by atoms with Gasteiger partial charge in [0.2, 0.25) is 11.8 Å². The van der Waals surface area contributed by atoms with Crippen LogP contribution in [0.3, 0.4) is 0 Å². The molecule has 1 aromatic rings. The van der Waals surface area contributed by atoms with Gasteiger partial charge in [0.15, 0.2) is 6.04 Å². The lowest BCUT2D eigenvalue weighted by atomic mass is 9.79. The molecule has 0 radical (unpaired) electrons. The summed E-state index contributed by atoms with van der Waals surface area (Å²) in [6.07, 6.45) is 1.72. The second-order valence-electron chi connectivity index (χ2n) is 10.1. The Hall–Kier alpha value is -2.65. The highest BCUT2D eigenvalue weighted by molar-refractivity contribution is 6.01. The van der Waals surface area contributed by atoms with Crippen LogP contribution in [0.5, 0.6) is 5.75 Å². The van der Waals surface area contributed by atoms with Crippen LogP contribution >= 0.6 is 0 Å². The number of esters is 1. The molecule has 1 aromatic carbocycles. The minimum absolute atomic E-state index is 0.00624. The predicted octanol–water partition coefficient (Wildman–Crippen LogP) is 2.39. The smallest absolute Gasteiger partial charge is 0.332 e. The number of amides is 2. The van der Waals surface area contributed by atoms with Crippen molar-refractivity contribution in [1.29, 1.82) is 0 Å². The van der Waals surface area contributed by atoms with E-state index in [0.717, 1.165) is 12.8 Å². The number of para-hydroxylation sites is 2. The van der Waals surface area contributed by atoms with Crippen LogP contribution in [0.15, 0.2) is 24.3 Å². The fourth-order valence-electron chi connectivity index (χ4n) is 4.35. The number of aliphatic hydroxyl groups is 1. The van der Waals surface area contributed by atoms with Crippen molar-refractivity contribution in [3.05, 3.63) is 24.3 Å². The summed E-state index contributed by atoms with van der Waals surface area (Å²) >= 11 is 0. The zero-order chi connectivity index (χ0) is 26.2. The Bertz CT molecular complexity index is 874. The number of ether oxygens (including phenoxy) is 2. The van der Waals surface area contributed by atoms with Gasteiger partial charge in [-0.25, -0.2) is 4.79 Å². The van der Waals surface area contributed by atoms with Crippen LogP contribution in [-0.2, 0) is 19.1 Å². The molecule has 0 saturated carbocycles. The van der Waals surface area contributed by atoms with E-state index in [4.69, 9.17) is 15.2 Å². The standard InChI is InChI=1S/C26H41N3O6/c1-6-7-12-28-24(32)17(2)13-21(30)18(27)14-26(3,4)15-23(31)29-19-10-8-9-11-22(19)35-16-20(29)25(33)34-5/h8-11,17-18,20-21,30H,6-7,12-16,27H2,1-5H3,(H,28,32)/t17-,18+,20?,21+/m1/s1. The number of methoxy groups -OCH3 is 1. The van der Waals surface area contributed by atoms with Crippen LogP contribution < -0.4 is 20.7 Å². The summed E-state index contributed by atoms with van der Waals surface area (Å²) in [5.41, 5.74) is 6.25. The number of unbranched alkanes of at least 4 members (excludes halogenated alkanes) is 1. The number of rotatable bonds is 12. The molecule has 1 aliphatic rings. The molecule has 0 aliphatic carbocycles. The minimum Gasteiger partial charge on any atom is -0.489 e. The first-order valence-corrected chi connectivity index (χ1v) is 12.3. The Kier molecular flexibility index (Phi) is 10.5. The Morgan fingerprint density at radius 3 is 2.66 bits per heavy atom. The molecule has 35 heavy (non-hydrogen) atoms. The first-order valence-electron chi connectivity index (χ1n) is 12.3. The normalized spacial score (nSPS) is 18.0.